The molecule has 29 heavy (non-hydrogen) atoms. The van der Waals surface area contributed by atoms with Crippen LogP contribution >= 0.6 is 0 Å². The summed E-state index contributed by atoms with van der Waals surface area (Å²) >= 11 is 0. The van der Waals surface area contributed by atoms with E-state index in [1.165, 1.54) is 14.1 Å². The summed E-state index contributed by atoms with van der Waals surface area (Å²) in [5.41, 5.74) is 2.30. The molecule has 0 unspecified atom stereocenters. The average molecular weight is 414 g/mol. The third-order valence-electron chi connectivity index (χ3n) is 4.30. The van der Waals surface area contributed by atoms with Gasteiger partial charge in [0, 0.05) is 38.7 Å². The van der Waals surface area contributed by atoms with Gasteiger partial charge in [0.15, 0.2) is 0 Å². The predicted molar refractivity (Wildman–Crippen MR) is 112 cm³/mol. The molecule has 8 nitrogen and oxygen atoms in total. The van der Waals surface area contributed by atoms with Crippen LogP contribution in [0.3, 0.4) is 0 Å². The zero-order valence-electron chi connectivity index (χ0n) is 16.3. The summed E-state index contributed by atoms with van der Waals surface area (Å²) in [6.07, 6.45) is 5.26. The van der Waals surface area contributed by atoms with Gasteiger partial charge in [-0.25, -0.2) is 9.29 Å². The molecule has 1 amide bonds. The third kappa shape index (κ3) is 5.01. The third-order valence-corrected chi connectivity index (χ3v) is 6.12. The number of nitrogens with one attached hydrogen (secondary N) is 1. The van der Waals surface area contributed by atoms with Gasteiger partial charge < -0.3 is 9.88 Å². The van der Waals surface area contributed by atoms with E-state index in [2.05, 4.69) is 10.3 Å². The summed E-state index contributed by atoms with van der Waals surface area (Å²) in [5, 5.41) is 2.78. The summed E-state index contributed by atoms with van der Waals surface area (Å²) in [7, 11) is -0.933. The first-order valence-electron chi connectivity index (χ1n) is 8.97. The highest BCUT2D eigenvalue weighted by Crippen LogP contribution is 2.18. The molecule has 9 heteroatoms. The highest BCUT2D eigenvalue weighted by Gasteiger charge is 2.27. The first kappa shape index (κ1) is 20.6. The van der Waals surface area contributed by atoms with Crippen LogP contribution in [-0.4, -0.2) is 48.8 Å². The van der Waals surface area contributed by atoms with E-state index < -0.39 is 16.1 Å². The van der Waals surface area contributed by atoms with E-state index >= 15 is 0 Å². The minimum atomic E-state index is -3.80. The maximum absolute atomic E-state index is 12.7. The molecule has 3 rings (SSSR count). The van der Waals surface area contributed by atoms with Crippen molar-refractivity contribution in [3.8, 4) is 5.69 Å². The lowest BCUT2D eigenvalue weighted by Crippen LogP contribution is -2.45. The van der Waals surface area contributed by atoms with Gasteiger partial charge in [-0.3, -0.25) is 4.79 Å². The second-order valence-corrected chi connectivity index (χ2v) is 8.61. The number of nitrogens with zero attached hydrogens (tertiary/aromatic N) is 4. The monoisotopic (exact) mass is 413 g/mol. The Morgan fingerprint density at radius 3 is 2.34 bits per heavy atom. The lowest BCUT2D eigenvalue weighted by atomic mass is 10.2. The summed E-state index contributed by atoms with van der Waals surface area (Å²) in [6, 6.07) is 16.2. The molecule has 0 aliphatic heterocycles. The van der Waals surface area contributed by atoms with Gasteiger partial charge in [-0.1, -0.05) is 30.3 Å². The van der Waals surface area contributed by atoms with E-state index in [4.69, 9.17) is 0 Å². The zero-order valence-corrected chi connectivity index (χ0v) is 17.1. The van der Waals surface area contributed by atoms with Crippen molar-refractivity contribution in [1.82, 2.24) is 19.2 Å². The molecule has 0 saturated carbocycles. The van der Waals surface area contributed by atoms with Crippen molar-refractivity contribution >= 4 is 21.8 Å². The molecule has 0 bridgehead atoms. The topological polar surface area (TPSA) is 87.5 Å². The number of anilines is 1. The molecular weight excluding hydrogens is 390 g/mol. The van der Waals surface area contributed by atoms with Crippen molar-refractivity contribution in [2.24, 2.45) is 0 Å². The molecule has 0 fully saturated rings. The fourth-order valence-electron chi connectivity index (χ4n) is 2.68. The number of benzene rings is 2. The fourth-order valence-corrected chi connectivity index (χ4v) is 3.74. The second kappa shape index (κ2) is 8.89. The van der Waals surface area contributed by atoms with Gasteiger partial charge in [0.2, 0.25) is 5.91 Å². The van der Waals surface area contributed by atoms with Crippen LogP contribution in [-0.2, 0) is 21.5 Å². The molecule has 0 aliphatic rings. The van der Waals surface area contributed by atoms with Crippen LogP contribution in [0.5, 0.6) is 0 Å². The number of carbonyl (C=O) groups is 1. The molecule has 2 aromatic carbocycles. The van der Waals surface area contributed by atoms with Gasteiger partial charge in [-0.15, -0.1) is 0 Å². The molecule has 0 saturated heterocycles. The molecule has 0 atom stereocenters. The smallest absolute Gasteiger partial charge is 0.304 e. The van der Waals surface area contributed by atoms with Crippen molar-refractivity contribution in [1.29, 1.82) is 0 Å². The van der Waals surface area contributed by atoms with Crippen LogP contribution in [0.15, 0.2) is 73.3 Å². The predicted octanol–water partition coefficient (Wildman–Crippen LogP) is 1.80. The van der Waals surface area contributed by atoms with E-state index in [9.17, 15) is 13.2 Å². The van der Waals surface area contributed by atoms with E-state index in [0.29, 0.717) is 12.2 Å². The highest BCUT2D eigenvalue weighted by molar-refractivity contribution is 7.90. The van der Waals surface area contributed by atoms with Gasteiger partial charge in [0.1, 0.15) is 6.54 Å². The first-order valence-corrected chi connectivity index (χ1v) is 10.4. The van der Waals surface area contributed by atoms with Crippen molar-refractivity contribution in [3.05, 3.63) is 78.9 Å². The SMILES string of the molecule is CN(C)S(=O)(=O)N(CC(=O)NCc1ccc(-n2ccnc2)cc1)c1ccccc1. The molecule has 1 N–H and O–H groups in total. The number of hydrogen-bond acceptors (Lipinski definition) is 4. The van der Waals surface area contributed by atoms with Gasteiger partial charge in [0.25, 0.3) is 0 Å². The Balaban J connectivity index is 1.66. The summed E-state index contributed by atoms with van der Waals surface area (Å²) < 4.78 is 29.4. The number of imidazole rings is 1. The largest absolute Gasteiger partial charge is 0.350 e. The van der Waals surface area contributed by atoms with Crippen LogP contribution in [0.1, 0.15) is 5.56 Å². The van der Waals surface area contributed by atoms with Crippen LogP contribution in [0.4, 0.5) is 5.69 Å². The van der Waals surface area contributed by atoms with Crippen molar-refractivity contribution in [2.75, 3.05) is 24.9 Å². The van der Waals surface area contributed by atoms with Gasteiger partial charge in [0.05, 0.1) is 12.0 Å². The Morgan fingerprint density at radius 1 is 1.07 bits per heavy atom. The van der Waals surface area contributed by atoms with E-state index in [-0.39, 0.29) is 6.54 Å². The second-order valence-electron chi connectivity index (χ2n) is 6.55. The van der Waals surface area contributed by atoms with Crippen molar-refractivity contribution in [2.45, 2.75) is 6.54 Å². The minimum absolute atomic E-state index is 0.299. The quantitative estimate of drug-likeness (QED) is 0.610. The number of hydrogen-bond donors (Lipinski definition) is 1. The molecular formula is C20H23N5O3S. The maximum Gasteiger partial charge on any atom is 0.304 e. The normalized spacial score (nSPS) is 11.4. The number of aromatic nitrogens is 2. The van der Waals surface area contributed by atoms with Gasteiger partial charge in [-0.05, 0) is 29.8 Å². The van der Waals surface area contributed by atoms with Crippen LogP contribution in [0.25, 0.3) is 5.69 Å². The summed E-state index contributed by atoms with van der Waals surface area (Å²) in [4.78, 5) is 16.5. The van der Waals surface area contributed by atoms with Crippen molar-refractivity contribution < 1.29 is 13.2 Å². The van der Waals surface area contributed by atoms with E-state index in [1.807, 2.05) is 35.0 Å². The summed E-state index contributed by atoms with van der Waals surface area (Å²) in [5.74, 6) is -0.391. The molecule has 0 radical (unpaired) electrons. The first-order chi connectivity index (χ1) is 13.9. The molecule has 0 aliphatic carbocycles. The Labute approximate surface area is 170 Å². The molecule has 152 valence electrons. The number of rotatable bonds is 8. The van der Waals surface area contributed by atoms with E-state index in [0.717, 1.165) is 19.9 Å². The number of para-hydroxylation sites is 1. The standard InChI is InChI=1S/C20H23N5O3S/c1-23(2)29(27,28)25(19-6-4-3-5-7-19)15-20(26)22-14-17-8-10-18(11-9-17)24-13-12-21-16-24/h3-13,16H,14-15H2,1-2H3,(H,22,26). The summed E-state index contributed by atoms with van der Waals surface area (Å²) in [6.45, 7) is -0.00860. The Kier molecular flexibility index (Phi) is 6.30. The Bertz CT molecular complexity index is 1030. The van der Waals surface area contributed by atoms with Gasteiger partial charge in [-0.2, -0.15) is 12.7 Å². The zero-order chi connectivity index (χ0) is 20.9. The molecule has 1 aromatic heterocycles. The lowest BCUT2D eigenvalue weighted by Gasteiger charge is -2.26. The Morgan fingerprint density at radius 2 is 1.76 bits per heavy atom. The van der Waals surface area contributed by atoms with Crippen molar-refractivity contribution in [3.63, 3.8) is 0 Å². The number of carbonyl (C=O) groups excluding carboxylic acids is 1. The molecule has 0 spiro atoms. The van der Waals surface area contributed by atoms with Crippen LogP contribution in [0.2, 0.25) is 0 Å². The highest BCUT2D eigenvalue weighted by atomic mass is 32.2. The molecule has 1 heterocycles. The molecule has 3 aromatic rings. The van der Waals surface area contributed by atoms with Crippen LogP contribution in [0, 0.1) is 0 Å². The maximum atomic E-state index is 12.7. The van der Waals surface area contributed by atoms with Crippen LogP contribution < -0.4 is 9.62 Å². The number of amides is 1. The fraction of sp³-hybridized carbons (Fsp3) is 0.200. The lowest BCUT2D eigenvalue weighted by molar-refractivity contribution is -0.119. The Hall–Kier alpha value is -3.17. The average Bonchev–Trinajstić information content (AvgIpc) is 3.26. The van der Waals surface area contributed by atoms with Gasteiger partial charge >= 0.3 is 10.2 Å². The van der Waals surface area contributed by atoms with E-state index in [1.54, 1.807) is 42.9 Å². The minimum Gasteiger partial charge on any atom is -0.350 e.